The number of aromatic nitrogens is 2. The highest BCUT2D eigenvalue weighted by Gasteiger charge is 2.16. The monoisotopic (exact) mass is 264 g/mol. The van der Waals surface area contributed by atoms with Crippen LogP contribution >= 0.6 is 11.3 Å². The summed E-state index contributed by atoms with van der Waals surface area (Å²) < 4.78 is 1.72. The second kappa shape index (κ2) is 4.81. The van der Waals surface area contributed by atoms with E-state index in [9.17, 15) is 4.79 Å². The second-order valence-corrected chi connectivity index (χ2v) is 5.56. The van der Waals surface area contributed by atoms with Crippen LogP contribution in [0.4, 0.5) is 5.69 Å². The Bertz CT molecular complexity index is 553. The zero-order chi connectivity index (χ0) is 13.3. The topological polar surface area (TPSA) is 64.2 Å². The van der Waals surface area contributed by atoms with Crippen LogP contribution < -0.4 is 5.73 Å². The number of amides is 1. The van der Waals surface area contributed by atoms with Crippen LogP contribution in [0.1, 0.15) is 20.1 Å². The fourth-order valence-corrected chi connectivity index (χ4v) is 2.62. The Kier molecular flexibility index (Phi) is 3.38. The summed E-state index contributed by atoms with van der Waals surface area (Å²) in [5.41, 5.74) is 7.45. The predicted octanol–water partition coefficient (Wildman–Crippen LogP) is 1.64. The molecule has 0 saturated heterocycles. The van der Waals surface area contributed by atoms with E-state index in [0.29, 0.717) is 17.1 Å². The highest BCUT2D eigenvalue weighted by atomic mass is 32.1. The van der Waals surface area contributed by atoms with Crippen molar-refractivity contribution in [3.8, 4) is 0 Å². The largest absolute Gasteiger partial charge is 0.398 e. The SMILES string of the molecule is Cc1sc(C(=O)N(C)Cc2cnn(C)c2)cc1N. The van der Waals surface area contributed by atoms with Crippen LogP contribution in [0, 0.1) is 6.92 Å². The highest BCUT2D eigenvalue weighted by molar-refractivity contribution is 7.14. The average Bonchev–Trinajstić information content (AvgIpc) is 2.85. The number of hydrogen-bond acceptors (Lipinski definition) is 4. The number of carbonyl (C=O) groups excluding carboxylic acids is 1. The number of nitrogens with zero attached hydrogens (tertiary/aromatic N) is 3. The van der Waals surface area contributed by atoms with E-state index in [-0.39, 0.29) is 5.91 Å². The Balaban J connectivity index is 2.09. The second-order valence-electron chi connectivity index (χ2n) is 4.31. The first-order chi connectivity index (χ1) is 8.47. The van der Waals surface area contributed by atoms with Gasteiger partial charge in [-0.05, 0) is 13.0 Å². The summed E-state index contributed by atoms with van der Waals surface area (Å²) in [6.45, 7) is 2.46. The number of carbonyl (C=O) groups is 1. The lowest BCUT2D eigenvalue weighted by atomic mass is 10.3. The molecule has 0 bridgehead atoms. The highest BCUT2D eigenvalue weighted by Crippen LogP contribution is 2.24. The van der Waals surface area contributed by atoms with E-state index in [4.69, 9.17) is 5.73 Å². The molecule has 1 amide bonds. The summed E-state index contributed by atoms with van der Waals surface area (Å²) in [5.74, 6) is -0.0105. The number of rotatable bonds is 3. The standard InChI is InChI=1S/C12H16N4OS/c1-8-10(13)4-11(18-8)12(17)15(2)6-9-5-14-16(3)7-9/h4-5,7H,6,13H2,1-3H3. The van der Waals surface area contributed by atoms with E-state index in [1.54, 1.807) is 28.9 Å². The molecule has 0 aliphatic heterocycles. The number of anilines is 1. The van der Waals surface area contributed by atoms with Gasteiger partial charge in [0.2, 0.25) is 0 Å². The molecule has 0 radical (unpaired) electrons. The van der Waals surface area contributed by atoms with Crippen molar-refractivity contribution < 1.29 is 4.79 Å². The molecule has 0 aliphatic rings. The van der Waals surface area contributed by atoms with Gasteiger partial charge in [-0.3, -0.25) is 9.48 Å². The lowest BCUT2D eigenvalue weighted by Gasteiger charge is -2.14. The Morgan fingerprint density at radius 1 is 1.61 bits per heavy atom. The van der Waals surface area contributed by atoms with Crippen molar-refractivity contribution in [2.75, 3.05) is 12.8 Å². The summed E-state index contributed by atoms with van der Waals surface area (Å²) in [4.78, 5) is 15.5. The van der Waals surface area contributed by atoms with Gasteiger partial charge in [-0.25, -0.2) is 0 Å². The molecule has 2 aromatic rings. The third kappa shape index (κ3) is 2.53. The van der Waals surface area contributed by atoms with Gasteiger partial charge in [-0.2, -0.15) is 5.10 Å². The Morgan fingerprint density at radius 3 is 2.83 bits per heavy atom. The molecule has 96 valence electrons. The van der Waals surface area contributed by atoms with E-state index in [1.807, 2.05) is 20.2 Å². The van der Waals surface area contributed by atoms with Crippen molar-refractivity contribution in [3.05, 3.63) is 33.8 Å². The van der Waals surface area contributed by atoms with Gasteiger partial charge in [0, 0.05) is 43.0 Å². The van der Waals surface area contributed by atoms with Crippen LogP contribution in [0.3, 0.4) is 0 Å². The van der Waals surface area contributed by atoms with Gasteiger partial charge < -0.3 is 10.6 Å². The van der Waals surface area contributed by atoms with Gasteiger partial charge in [0.1, 0.15) is 0 Å². The van der Waals surface area contributed by atoms with E-state index < -0.39 is 0 Å². The summed E-state index contributed by atoms with van der Waals surface area (Å²) in [6, 6.07) is 1.74. The van der Waals surface area contributed by atoms with E-state index in [0.717, 1.165) is 10.4 Å². The molecule has 0 spiro atoms. The van der Waals surface area contributed by atoms with Crippen LogP contribution in [-0.2, 0) is 13.6 Å². The molecular weight excluding hydrogens is 248 g/mol. The molecule has 18 heavy (non-hydrogen) atoms. The van der Waals surface area contributed by atoms with Crippen LogP contribution in [0.15, 0.2) is 18.5 Å². The van der Waals surface area contributed by atoms with Gasteiger partial charge in [-0.15, -0.1) is 11.3 Å². The van der Waals surface area contributed by atoms with E-state index in [2.05, 4.69) is 5.10 Å². The number of nitrogens with two attached hydrogens (primary N) is 1. The molecule has 2 heterocycles. The minimum absolute atomic E-state index is 0.0105. The van der Waals surface area contributed by atoms with Gasteiger partial charge in [-0.1, -0.05) is 0 Å². The zero-order valence-electron chi connectivity index (χ0n) is 10.7. The fraction of sp³-hybridized carbons (Fsp3) is 0.333. The molecule has 0 aromatic carbocycles. The van der Waals surface area contributed by atoms with Crippen LogP contribution in [0.2, 0.25) is 0 Å². The molecule has 0 saturated carbocycles. The normalized spacial score (nSPS) is 10.6. The number of thiophene rings is 1. The Hall–Kier alpha value is -1.82. The molecule has 2 aromatic heterocycles. The van der Waals surface area contributed by atoms with Gasteiger partial charge in [0.15, 0.2) is 0 Å². The summed E-state index contributed by atoms with van der Waals surface area (Å²) >= 11 is 1.43. The maximum Gasteiger partial charge on any atom is 0.264 e. The minimum Gasteiger partial charge on any atom is -0.398 e. The number of nitrogen functional groups attached to an aromatic ring is 1. The third-order valence-corrected chi connectivity index (χ3v) is 3.75. The van der Waals surface area contributed by atoms with Crippen molar-refractivity contribution >= 4 is 22.9 Å². The maximum atomic E-state index is 12.2. The van der Waals surface area contributed by atoms with Crippen molar-refractivity contribution in [1.82, 2.24) is 14.7 Å². The molecule has 2 N–H and O–H groups in total. The molecular formula is C12H16N4OS. The van der Waals surface area contributed by atoms with E-state index in [1.165, 1.54) is 11.3 Å². The molecule has 0 fully saturated rings. The molecule has 6 heteroatoms. The maximum absolute atomic E-state index is 12.2. The first-order valence-corrected chi connectivity index (χ1v) is 6.38. The van der Waals surface area contributed by atoms with Crippen molar-refractivity contribution in [3.63, 3.8) is 0 Å². The van der Waals surface area contributed by atoms with E-state index >= 15 is 0 Å². The quantitative estimate of drug-likeness (QED) is 0.916. The Labute approximate surface area is 110 Å². The Morgan fingerprint density at radius 2 is 2.33 bits per heavy atom. The summed E-state index contributed by atoms with van der Waals surface area (Å²) in [7, 11) is 3.63. The zero-order valence-corrected chi connectivity index (χ0v) is 11.5. The number of hydrogen-bond donors (Lipinski definition) is 1. The van der Waals surface area contributed by atoms with Crippen LogP contribution in [-0.4, -0.2) is 27.6 Å². The number of aryl methyl sites for hydroxylation is 2. The van der Waals surface area contributed by atoms with Crippen LogP contribution in [0.5, 0.6) is 0 Å². The molecule has 0 unspecified atom stereocenters. The summed E-state index contributed by atoms with van der Waals surface area (Å²) in [6.07, 6.45) is 3.66. The summed E-state index contributed by atoms with van der Waals surface area (Å²) in [5, 5.41) is 4.08. The fourth-order valence-electron chi connectivity index (χ4n) is 1.69. The predicted molar refractivity (Wildman–Crippen MR) is 72.5 cm³/mol. The molecule has 0 atom stereocenters. The van der Waals surface area contributed by atoms with Crippen LogP contribution in [0.25, 0.3) is 0 Å². The lowest BCUT2D eigenvalue weighted by Crippen LogP contribution is -2.25. The van der Waals surface area contributed by atoms with Gasteiger partial charge >= 0.3 is 0 Å². The lowest BCUT2D eigenvalue weighted by molar-refractivity contribution is 0.0790. The smallest absolute Gasteiger partial charge is 0.264 e. The molecule has 0 aliphatic carbocycles. The third-order valence-electron chi connectivity index (χ3n) is 2.69. The van der Waals surface area contributed by atoms with Crippen molar-refractivity contribution in [2.45, 2.75) is 13.5 Å². The van der Waals surface area contributed by atoms with Gasteiger partial charge in [0.25, 0.3) is 5.91 Å². The molecule has 5 nitrogen and oxygen atoms in total. The van der Waals surface area contributed by atoms with Crippen molar-refractivity contribution in [1.29, 1.82) is 0 Å². The first kappa shape index (κ1) is 12.6. The van der Waals surface area contributed by atoms with Gasteiger partial charge in [0.05, 0.1) is 11.1 Å². The average molecular weight is 264 g/mol. The first-order valence-electron chi connectivity index (χ1n) is 5.56. The minimum atomic E-state index is -0.0105. The van der Waals surface area contributed by atoms with Crippen molar-refractivity contribution in [2.24, 2.45) is 7.05 Å². The molecule has 2 rings (SSSR count).